The summed E-state index contributed by atoms with van der Waals surface area (Å²) in [5.74, 6) is -0.0652. The normalized spacial score (nSPS) is 10.5. The first-order valence-corrected chi connectivity index (χ1v) is 5.80. The van der Waals surface area contributed by atoms with Gasteiger partial charge < -0.3 is 16.2 Å². The maximum Gasteiger partial charge on any atom is 0.260 e. The van der Waals surface area contributed by atoms with Gasteiger partial charge in [0, 0.05) is 7.05 Å². The zero-order valence-corrected chi connectivity index (χ0v) is 11.1. The number of phenols is 1. The van der Waals surface area contributed by atoms with E-state index in [1.54, 1.807) is 26.1 Å². The molecule has 0 aliphatic heterocycles. The molecule has 2 rings (SSSR count). The maximum atomic E-state index is 12.1. The molecule has 0 saturated heterocycles. The summed E-state index contributed by atoms with van der Waals surface area (Å²) >= 11 is 0. The van der Waals surface area contributed by atoms with Gasteiger partial charge in [0.25, 0.3) is 5.91 Å². The molecule has 19 heavy (non-hydrogen) atoms. The van der Waals surface area contributed by atoms with Crippen molar-refractivity contribution in [3.05, 3.63) is 35.0 Å². The molecule has 2 aromatic rings. The Hall–Kier alpha value is -2.50. The first-order valence-electron chi connectivity index (χ1n) is 5.80. The van der Waals surface area contributed by atoms with E-state index in [9.17, 15) is 9.90 Å². The molecule has 1 heterocycles. The van der Waals surface area contributed by atoms with E-state index in [0.29, 0.717) is 17.2 Å². The number of carbonyl (C=O) groups is 1. The van der Waals surface area contributed by atoms with E-state index < -0.39 is 5.91 Å². The summed E-state index contributed by atoms with van der Waals surface area (Å²) in [6.45, 7) is 3.60. The lowest BCUT2D eigenvalue weighted by molar-refractivity contribution is 0.102. The summed E-state index contributed by atoms with van der Waals surface area (Å²) < 4.78 is 1.49. The number of rotatable bonds is 2. The number of aromatic hydroxyl groups is 1. The third-order valence-corrected chi connectivity index (χ3v) is 2.90. The van der Waals surface area contributed by atoms with Crippen molar-refractivity contribution in [1.82, 2.24) is 9.78 Å². The lowest BCUT2D eigenvalue weighted by atomic mass is 10.1. The zero-order chi connectivity index (χ0) is 14.2. The number of amides is 1. The Kier molecular flexibility index (Phi) is 3.16. The van der Waals surface area contributed by atoms with Gasteiger partial charge in [0.1, 0.15) is 5.75 Å². The van der Waals surface area contributed by atoms with Crippen molar-refractivity contribution in [1.29, 1.82) is 0 Å². The SMILES string of the molecule is Cc1ccc(C(=O)Nc2c(N)c(C)nn2C)c(O)c1. The van der Waals surface area contributed by atoms with Crippen LogP contribution in [0.4, 0.5) is 11.5 Å². The number of nitrogen functional groups attached to an aromatic ring is 1. The number of phenolic OH excluding ortho intramolecular Hbond substituents is 1. The van der Waals surface area contributed by atoms with Crippen molar-refractivity contribution in [3.8, 4) is 5.75 Å². The third-order valence-electron chi connectivity index (χ3n) is 2.90. The highest BCUT2D eigenvalue weighted by Crippen LogP contribution is 2.24. The Balaban J connectivity index is 2.31. The van der Waals surface area contributed by atoms with E-state index in [4.69, 9.17) is 5.73 Å². The Bertz CT molecular complexity index is 646. The molecule has 6 nitrogen and oxygen atoms in total. The van der Waals surface area contributed by atoms with E-state index in [-0.39, 0.29) is 11.3 Å². The molecule has 0 aliphatic carbocycles. The number of nitrogens with zero attached hydrogens (tertiary/aromatic N) is 2. The number of anilines is 2. The van der Waals surface area contributed by atoms with Gasteiger partial charge in [0.05, 0.1) is 16.9 Å². The molecule has 0 saturated carbocycles. The molecule has 100 valence electrons. The van der Waals surface area contributed by atoms with Crippen molar-refractivity contribution >= 4 is 17.4 Å². The smallest absolute Gasteiger partial charge is 0.260 e. The van der Waals surface area contributed by atoms with Crippen molar-refractivity contribution < 1.29 is 9.90 Å². The van der Waals surface area contributed by atoms with Crippen LogP contribution in [0.1, 0.15) is 21.6 Å². The average Bonchev–Trinajstić information content (AvgIpc) is 2.56. The molecule has 0 fully saturated rings. The standard InChI is InChI=1S/C13H16N4O2/c1-7-4-5-9(10(18)6-7)13(19)15-12-11(14)8(2)16-17(12)3/h4-6,18H,14H2,1-3H3,(H,15,19). The molecule has 0 aliphatic rings. The van der Waals surface area contributed by atoms with Crippen molar-refractivity contribution in [2.75, 3.05) is 11.1 Å². The first kappa shape index (κ1) is 12.9. The zero-order valence-electron chi connectivity index (χ0n) is 11.1. The lowest BCUT2D eigenvalue weighted by Gasteiger charge is -2.08. The van der Waals surface area contributed by atoms with Gasteiger partial charge in [0.15, 0.2) is 5.82 Å². The van der Waals surface area contributed by atoms with E-state index in [1.807, 2.05) is 6.92 Å². The monoisotopic (exact) mass is 260 g/mol. The van der Waals surface area contributed by atoms with Gasteiger partial charge in [-0.2, -0.15) is 5.10 Å². The third kappa shape index (κ3) is 2.37. The topological polar surface area (TPSA) is 93.2 Å². The minimum Gasteiger partial charge on any atom is -0.507 e. The van der Waals surface area contributed by atoms with Crippen LogP contribution in [0.3, 0.4) is 0 Å². The number of benzene rings is 1. The second-order valence-electron chi connectivity index (χ2n) is 4.45. The molecule has 0 radical (unpaired) electrons. The summed E-state index contributed by atoms with van der Waals surface area (Å²) in [5, 5.41) is 16.5. The Morgan fingerprint density at radius 2 is 2.11 bits per heavy atom. The summed E-state index contributed by atoms with van der Waals surface area (Å²) in [6, 6.07) is 4.86. The largest absolute Gasteiger partial charge is 0.507 e. The molecule has 0 spiro atoms. The Morgan fingerprint density at radius 1 is 1.42 bits per heavy atom. The second-order valence-corrected chi connectivity index (χ2v) is 4.45. The number of nitrogens with two attached hydrogens (primary N) is 1. The molecular weight excluding hydrogens is 244 g/mol. The number of hydrogen-bond donors (Lipinski definition) is 3. The van der Waals surface area contributed by atoms with Crippen LogP contribution in [0.25, 0.3) is 0 Å². The fourth-order valence-corrected chi connectivity index (χ4v) is 1.83. The predicted molar refractivity (Wildman–Crippen MR) is 73.2 cm³/mol. The number of carbonyl (C=O) groups excluding carboxylic acids is 1. The van der Waals surface area contributed by atoms with Crippen LogP contribution in [-0.2, 0) is 7.05 Å². The number of hydrogen-bond acceptors (Lipinski definition) is 4. The van der Waals surface area contributed by atoms with E-state index >= 15 is 0 Å². The van der Waals surface area contributed by atoms with Crippen LogP contribution < -0.4 is 11.1 Å². The summed E-state index contributed by atoms with van der Waals surface area (Å²) in [4.78, 5) is 12.1. The van der Waals surface area contributed by atoms with Gasteiger partial charge in [-0.15, -0.1) is 0 Å². The van der Waals surface area contributed by atoms with Crippen LogP contribution >= 0.6 is 0 Å². The summed E-state index contributed by atoms with van der Waals surface area (Å²) in [7, 11) is 1.69. The van der Waals surface area contributed by atoms with Gasteiger partial charge in [-0.3, -0.25) is 9.48 Å². The highest BCUT2D eigenvalue weighted by molar-refractivity contribution is 6.07. The number of aryl methyl sites for hydroxylation is 3. The predicted octanol–water partition coefficient (Wildman–Crippen LogP) is 1.58. The first-order chi connectivity index (χ1) is 8.90. The van der Waals surface area contributed by atoms with Gasteiger partial charge >= 0.3 is 0 Å². The van der Waals surface area contributed by atoms with Gasteiger partial charge in [0.2, 0.25) is 0 Å². The molecule has 4 N–H and O–H groups in total. The second kappa shape index (κ2) is 4.64. The van der Waals surface area contributed by atoms with Crippen LogP contribution in [0, 0.1) is 13.8 Å². The quantitative estimate of drug-likeness (QED) is 0.764. The molecule has 1 aromatic carbocycles. The Morgan fingerprint density at radius 3 is 2.63 bits per heavy atom. The van der Waals surface area contributed by atoms with Gasteiger partial charge in [-0.05, 0) is 31.5 Å². The molecular formula is C13H16N4O2. The molecule has 1 amide bonds. The minimum absolute atomic E-state index is 0.0602. The molecule has 0 unspecified atom stereocenters. The van der Waals surface area contributed by atoms with Crippen LogP contribution in [-0.4, -0.2) is 20.8 Å². The summed E-state index contributed by atoms with van der Waals surface area (Å²) in [5.41, 5.74) is 7.97. The van der Waals surface area contributed by atoms with Crippen LogP contribution in [0.5, 0.6) is 5.75 Å². The molecule has 0 atom stereocenters. The van der Waals surface area contributed by atoms with Crippen molar-refractivity contribution in [3.63, 3.8) is 0 Å². The van der Waals surface area contributed by atoms with Crippen LogP contribution in [0.2, 0.25) is 0 Å². The van der Waals surface area contributed by atoms with Crippen LogP contribution in [0.15, 0.2) is 18.2 Å². The fraction of sp³-hybridized carbons (Fsp3) is 0.231. The molecule has 1 aromatic heterocycles. The van der Waals surface area contributed by atoms with E-state index in [0.717, 1.165) is 5.56 Å². The maximum absolute atomic E-state index is 12.1. The highest BCUT2D eigenvalue weighted by Gasteiger charge is 2.16. The summed E-state index contributed by atoms with van der Waals surface area (Å²) in [6.07, 6.45) is 0. The Labute approximate surface area is 110 Å². The average molecular weight is 260 g/mol. The highest BCUT2D eigenvalue weighted by atomic mass is 16.3. The van der Waals surface area contributed by atoms with E-state index in [2.05, 4.69) is 10.4 Å². The molecule has 6 heteroatoms. The number of aromatic nitrogens is 2. The van der Waals surface area contributed by atoms with Crippen molar-refractivity contribution in [2.45, 2.75) is 13.8 Å². The molecule has 0 bridgehead atoms. The fourth-order valence-electron chi connectivity index (χ4n) is 1.83. The van der Waals surface area contributed by atoms with E-state index in [1.165, 1.54) is 10.7 Å². The minimum atomic E-state index is -0.424. The van der Waals surface area contributed by atoms with Gasteiger partial charge in [-0.25, -0.2) is 0 Å². The van der Waals surface area contributed by atoms with Crippen molar-refractivity contribution in [2.24, 2.45) is 7.05 Å². The number of nitrogens with one attached hydrogen (secondary N) is 1. The lowest BCUT2D eigenvalue weighted by Crippen LogP contribution is -2.15. The van der Waals surface area contributed by atoms with Gasteiger partial charge in [-0.1, -0.05) is 6.07 Å².